The monoisotopic (exact) mass is 321 g/mol. The minimum atomic E-state index is -0.210. The van der Waals surface area contributed by atoms with Crippen LogP contribution in [0.5, 0.6) is 0 Å². The van der Waals surface area contributed by atoms with E-state index in [0.717, 1.165) is 9.35 Å². The Morgan fingerprint density at radius 2 is 1.72 bits per heavy atom. The fourth-order valence-corrected chi connectivity index (χ4v) is 3.19. The zero-order valence-corrected chi connectivity index (χ0v) is 11.6. The third-order valence-corrected chi connectivity index (χ3v) is 4.39. The summed E-state index contributed by atoms with van der Waals surface area (Å²) in [5.41, 5.74) is 1.95. The Balaban J connectivity index is 1.92. The average Bonchev–Trinajstić information content (AvgIpc) is 2.88. The number of halogens is 1. The topological polar surface area (TPSA) is 37.4 Å². The number of carbonyl (C=O) groups is 2. The Hall–Kier alpha value is -1.46. The standard InChI is InChI=1S/C13H8BrNO2S/c14-11-5-8(7-18-11)6-15-12(16)9-3-1-2-4-10(9)13(15)17/h1-5,7H,6H2. The van der Waals surface area contributed by atoms with Gasteiger partial charge in [-0.05, 0) is 45.1 Å². The summed E-state index contributed by atoms with van der Waals surface area (Å²) in [6.07, 6.45) is 0. The molecular formula is C13H8BrNO2S. The first-order valence-corrected chi connectivity index (χ1v) is 7.02. The summed E-state index contributed by atoms with van der Waals surface area (Å²) in [5, 5.41) is 1.94. The Kier molecular flexibility index (Phi) is 2.80. The van der Waals surface area contributed by atoms with Gasteiger partial charge in [0.15, 0.2) is 0 Å². The van der Waals surface area contributed by atoms with Crippen LogP contribution in [0.1, 0.15) is 26.3 Å². The van der Waals surface area contributed by atoms with Crippen molar-refractivity contribution in [3.05, 3.63) is 56.2 Å². The molecule has 0 atom stereocenters. The molecule has 18 heavy (non-hydrogen) atoms. The van der Waals surface area contributed by atoms with Crippen LogP contribution in [-0.4, -0.2) is 16.7 Å². The molecule has 2 amide bonds. The van der Waals surface area contributed by atoms with E-state index in [2.05, 4.69) is 15.9 Å². The third kappa shape index (κ3) is 1.79. The molecule has 0 fully saturated rings. The van der Waals surface area contributed by atoms with Crippen molar-refractivity contribution in [1.82, 2.24) is 4.90 Å². The summed E-state index contributed by atoms with van der Waals surface area (Å²) in [5.74, 6) is -0.421. The molecule has 1 aromatic carbocycles. The zero-order valence-electron chi connectivity index (χ0n) is 9.22. The highest BCUT2D eigenvalue weighted by atomic mass is 79.9. The molecule has 0 radical (unpaired) electrons. The predicted octanol–water partition coefficient (Wildman–Crippen LogP) is 3.31. The van der Waals surface area contributed by atoms with Crippen molar-refractivity contribution in [2.24, 2.45) is 0 Å². The van der Waals surface area contributed by atoms with Gasteiger partial charge in [0.1, 0.15) is 0 Å². The van der Waals surface area contributed by atoms with Crippen LogP contribution in [0.25, 0.3) is 0 Å². The molecule has 0 saturated carbocycles. The average molecular weight is 322 g/mol. The molecule has 90 valence electrons. The van der Waals surface area contributed by atoms with Gasteiger partial charge in [-0.15, -0.1) is 11.3 Å². The minimum Gasteiger partial charge on any atom is -0.270 e. The molecule has 0 spiro atoms. The van der Waals surface area contributed by atoms with Crippen LogP contribution in [0, 0.1) is 0 Å². The number of nitrogens with zero attached hydrogens (tertiary/aromatic N) is 1. The summed E-state index contributed by atoms with van der Waals surface area (Å²) in [7, 11) is 0. The molecule has 1 aromatic heterocycles. The van der Waals surface area contributed by atoms with E-state index in [1.807, 2.05) is 11.4 Å². The molecule has 2 aromatic rings. The number of rotatable bonds is 2. The Bertz CT molecular complexity index is 615. The molecule has 2 heterocycles. The minimum absolute atomic E-state index is 0.210. The van der Waals surface area contributed by atoms with E-state index in [4.69, 9.17) is 0 Å². The maximum atomic E-state index is 12.1. The van der Waals surface area contributed by atoms with E-state index in [9.17, 15) is 9.59 Å². The summed E-state index contributed by atoms with van der Waals surface area (Å²) < 4.78 is 0.995. The number of fused-ring (bicyclic) bond motifs is 1. The number of benzene rings is 1. The van der Waals surface area contributed by atoms with E-state index >= 15 is 0 Å². The first-order chi connectivity index (χ1) is 8.66. The molecule has 5 heteroatoms. The van der Waals surface area contributed by atoms with Crippen molar-refractivity contribution in [3.8, 4) is 0 Å². The van der Waals surface area contributed by atoms with Crippen molar-refractivity contribution in [2.75, 3.05) is 0 Å². The maximum Gasteiger partial charge on any atom is 0.261 e. The Labute approximate surface area is 116 Å². The smallest absolute Gasteiger partial charge is 0.261 e. The second kappa shape index (κ2) is 4.33. The van der Waals surface area contributed by atoms with E-state index < -0.39 is 0 Å². The second-order valence-corrected chi connectivity index (χ2v) is 6.29. The van der Waals surface area contributed by atoms with E-state index in [0.29, 0.717) is 17.7 Å². The highest BCUT2D eigenvalue weighted by Crippen LogP contribution is 2.27. The summed E-state index contributed by atoms with van der Waals surface area (Å²) in [6.45, 7) is 0.328. The van der Waals surface area contributed by atoms with Crippen LogP contribution in [-0.2, 0) is 6.54 Å². The first-order valence-electron chi connectivity index (χ1n) is 5.35. The van der Waals surface area contributed by atoms with Gasteiger partial charge < -0.3 is 0 Å². The lowest BCUT2D eigenvalue weighted by Gasteiger charge is -2.12. The van der Waals surface area contributed by atoms with Crippen molar-refractivity contribution >= 4 is 39.1 Å². The molecule has 3 nitrogen and oxygen atoms in total. The SMILES string of the molecule is O=C1c2ccccc2C(=O)N1Cc1csc(Br)c1. The van der Waals surface area contributed by atoms with Gasteiger partial charge in [-0.2, -0.15) is 0 Å². The van der Waals surface area contributed by atoms with E-state index in [-0.39, 0.29) is 11.8 Å². The first kappa shape index (κ1) is 11.6. The highest BCUT2D eigenvalue weighted by Gasteiger charge is 2.34. The van der Waals surface area contributed by atoms with Gasteiger partial charge in [-0.1, -0.05) is 12.1 Å². The van der Waals surface area contributed by atoms with Crippen LogP contribution in [0.4, 0.5) is 0 Å². The molecule has 3 rings (SSSR count). The largest absolute Gasteiger partial charge is 0.270 e. The van der Waals surface area contributed by atoms with Crippen LogP contribution in [0.2, 0.25) is 0 Å². The van der Waals surface area contributed by atoms with Crippen LogP contribution < -0.4 is 0 Å². The quantitative estimate of drug-likeness (QED) is 0.796. The molecular weight excluding hydrogens is 314 g/mol. The fourth-order valence-electron chi connectivity index (χ4n) is 1.99. The lowest BCUT2D eigenvalue weighted by Crippen LogP contribution is -2.28. The van der Waals surface area contributed by atoms with Gasteiger partial charge in [0.2, 0.25) is 0 Å². The van der Waals surface area contributed by atoms with Gasteiger partial charge >= 0.3 is 0 Å². The van der Waals surface area contributed by atoms with Gasteiger partial charge in [-0.25, -0.2) is 0 Å². The van der Waals surface area contributed by atoms with Crippen LogP contribution >= 0.6 is 27.3 Å². The Morgan fingerprint density at radius 1 is 1.11 bits per heavy atom. The van der Waals surface area contributed by atoms with Crippen LogP contribution in [0.15, 0.2) is 39.5 Å². The predicted molar refractivity (Wildman–Crippen MR) is 72.7 cm³/mol. The Morgan fingerprint density at radius 3 is 2.22 bits per heavy atom. The zero-order chi connectivity index (χ0) is 12.7. The van der Waals surface area contributed by atoms with Gasteiger partial charge in [-0.3, -0.25) is 14.5 Å². The molecule has 0 N–H and O–H groups in total. The van der Waals surface area contributed by atoms with Gasteiger partial charge in [0.05, 0.1) is 21.5 Å². The van der Waals surface area contributed by atoms with Crippen molar-refractivity contribution in [2.45, 2.75) is 6.54 Å². The van der Waals surface area contributed by atoms with E-state index in [1.165, 1.54) is 4.90 Å². The number of hydrogen-bond donors (Lipinski definition) is 0. The van der Waals surface area contributed by atoms with Crippen molar-refractivity contribution in [3.63, 3.8) is 0 Å². The third-order valence-electron chi connectivity index (χ3n) is 2.84. The molecule has 0 aliphatic carbocycles. The van der Waals surface area contributed by atoms with E-state index in [1.54, 1.807) is 35.6 Å². The normalized spacial score (nSPS) is 14.2. The number of amides is 2. The fraction of sp³-hybridized carbons (Fsp3) is 0.0769. The molecule has 1 aliphatic rings. The number of carbonyl (C=O) groups excluding carboxylic acids is 2. The molecule has 0 saturated heterocycles. The highest BCUT2D eigenvalue weighted by molar-refractivity contribution is 9.11. The van der Waals surface area contributed by atoms with Gasteiger partial charge in [0, 0.05) is 0 Å². The van der Waals surface area contributed by atoms with Gasteiger partial charge in [0.25, 0.3) is 11.8 Å². The molecule has 0 unspecified atom stereocenters. The summed E-state index contributed by atoms with van der Waals surface area (Å²) >= 11 is 4.91. The molecule has 1 aliphatic heterocycles. The lowest BCUT2D eigenvalue weighted by atomic mass is 10.1. The van der Waals surface area contributed by atoms with Crippen LogP contribution in [0.3, 0.4) is 0 Å². The maximum absolute atomic E-state index is 12.1. The number of thiophene rings is 1. The summed E-state index contributed by atoms with van der Waals surface area (Å²) in [4.78, 5) is 25.5. The number of imide groups is 1. The van der Waals surface area contributed by atoms with Crippen molar-refractivity contribution < 1.29 is 9.59 Å². The lowest BCUT2D eigenvalue weighted by molar-refractivity contribution is 0.0642. The molecule has 0 bridgehead atoms. The van der Waals surface area contributed by atoms with Crippen molar-refractivity contribution in [1.29, 1.82) is 0 Å². The summed E-state index contributed by atoms with van der Waals surface area (Å²) in [6, 6.07) is 8.86. The second-order valence-electron chi connectivity index (χ2n) is 4.00. The number of hydrogen-bond acceptors (Lipinski definition) is 3.